The lowest BCUT2D eigenvalue weighted by Gasteiger charge is -2.36. The van der Waals surface area contributed by atoms with Gasteiger partial charge in [-0.05, 0) is 61.1 Å². The molecule has 2 aliphatic rings. The summed E-state index contributed by atoms with van der Waals surface area (Å²) in [7, 11) is 0. The van der Waals surface area contributed by atoms with Gasteiger partial charge in [0.15, 0.2) is 0 Å². The highest BCUT2D eigenvalue weighted by atomic mass is 14.7. The molecular formula is C27H31N. The van der Waals surface area contributed by atoms with Crippen molar-refractivity contribution in [2.75, 3.05) is 0 Å². The van der Waals surface area contributed by atoms with Crippen LogP contribution >= 0.6 is 0 Å². The van der Waals surface area contributed by atoms with Crippen molar-refractivity contribution in [2.45, 2.75) is 63.7 Å². The van der Waals surface area contributed by atoms with E-state index in [-0.39, 0.29) is 0 Å². The Morgan fingerprint density at radius 2 is 1.32 bits per heavy atom. The number of aromatic nitrogens is 1. The van der Waals surface area contributed by atoms with Crippen molar-refractivity contribution in [2.24, 2.45) is 11.8 Å². The molecule has 3 aromatic rings. The number of nitrogens with zero attached hydrogens (tertiary/aromatic N) is 1. The maximum Gasteiger partial charge on any atom is 0.0712 e. The monoisotopic (exact) mass is 369 g/mol. The molecule has 144 valence electrons. The van der Waals surface area contributed by atoms with E-state index in [4.69, 9.17) is 4.98 Å². The van der Waals surface area contributed by atoms with E-state index in [1.54, 1.807) is 0 Å². The molecule has 1 nitrogen and oxygen atoms in total. The second-order valence-electron chi connectivity index (χ2n) is 8.99. The summed E-state index contributed by atoms with van der Waals surface area (Å²) in [5.41, 5.74) is 5.04. The zero-order valence-electron chi connectivity index (χ0n) is 16.8. The van der Waals surface area contributed by atoms with Gasteiger partial charge in [0, 0.05) is 10.9 Å². The SMILES string of the molecule is c1ccc(-c2cc(C3CCC(C4CCCCC4)CC3)c3ccccc3n2)cc1. The highest BCUT2D eigenvalue weighted by Crippen LogP contribution is 2.44. The molecule has 2 aliphatic carbocycles. The minimum atomic E-state index is 0.690. The summed E-state index contributed by atoms with van der Waals surface area (Å²) in [4.78, 5) is 4.99. The first-order valence-electron chi connectivity index (χ1n) is 11.3. The second-order valence-corrected chi connectivity index (χ2v) is 8.99. The van der Waals surface area contributed by atoms with Gasteiger partial charge in [-0.15, -0.1) is 0 Å². The Balaban J connectivity index is 1.44. The smallest absolute Gasteiger partial charge is 0.0712 e. The molecule has 0 radical (unpaired) electrons. The molecule has 0 unspecified atom stereocenters. The molecule has 0 saturated heterocycles. The molecule has 2 aromatic carbocycles. The van der Waals surface area contributed by atoms with Crippen LogP contribution < -0.4 is 0 Å². The molecular weight excluding hydrogens is 338 g/mol. The van der Waals surface area contributed by atoms with Gasteiger partial charge in [0.1, 0.15) is 0 Å². The maximum absolute atomic E-state index is 4.99. The molecule has 1 aromatic heterocycles. The van der Waals surface area contributed by atoms with E-state index in [1.807, 2.05) is 0 Å². The van der Waals surface area contributed by atoms with Crippen molar-refractivity contribution in [3.8, 4) is 11.3 Å². The lowest BCUT2D eigenvalue weighted by molar-refractivity contribution is 0.186. The van der Waals surface area contributed by atoms with Crippen LogP contribution in [0, 0.1) is 11.8 Å². The van der Waals surface area contributed by atoms with Crippen molar-refractivity contribution < 1.29 is 0 Å². The van der Waals surface area contributed by atoms with Gasteiger partial charge in [-0.3, -0.25) is 0 Å². The van der Waals surface area contributed by atoms with Gasteiger partial charge in [0.25, 0.3) is 0 Å². The summed E-state index contributed by atoms with van der Waals surface area (Å²) < 4.78 is 0. The number of fused-ring (bicyclic) bond motifs is 1. The molecule has 2 fully saturated rings. The van der Waals surface area contributed by atoms with Gasteiger partial charge < -0.3 is 0 Å². The van der Waals surface area contributed by atoms with Crippen LogP contribution in [0.5, 0.6) is 0 Å². The third-order valence-corrected chi connectivity index (χ3v) is 7.35. The predicted octanol–water partition coefficient (Wildman–Crippen LogP) is 7.76. The van der Waals surface area contributed by atoms with Crippen LogP contribution in [0.4, 0.5) is 0 Å². The van der Waals surface area contributed by atoms with E-state index in [0.29, 0.717) is 5.92 Å². The summed E-state index contributed by atoms with van der Waals surface area (Å²) in [6.07, 6.45) is 12.9. The predicted molar refractivity (Wildman–Crippen MR) is 118 cm³/mol. The fourth-order valence-corrected chi connectivity index (χ4v) is 5.80. The van der Waals surface area contributed by atoms with Gasteiger partial charge in [-0.25, -0.2) is 4.98 Å². The minimum Gasteiger partial charge on any atom is -0.248 e. The highest BCUT2D eigenvalue weighted by molar-refractivity contribution is 5.85. The second kappa shape index (κ2) is 8.07. The van der Waals surface area contributed by atoms with E-state index in [0.717, 1.165) is 23.0 Å². The number of rotatable bonds is 3. The Bertz CT molecular complexity index is 915. The highest BCUT2D eigenvalue weighted by Gasteiger charge is 2.30. The summed E-state index contributed by atoms with van der Waals surface area (Å²) in [5.74, 6) is 2.69. The minimum absolute atomic E-state index is 0.690. The summed E-state index contributed by atoms with van der Waals surface area (Å²) >= 11 is 0. The third kappa shape index (κ3) is 3.60. The Morgan fingerprint density at radius 1 is 0.643 bits per heavy atom. The molecule has 0 atom stereocenters. The number of hydrogen-bond donors (Lipinski definition) is 0. The zero-order valence-corrected chi connectivity index (χ0v) is 16.8. The molecule has 2 saturated carbocycles. The van der Waals surface area contributed by atoms with Crippen molar-refractivity contribution in [3.05, 3.63) is 66.2 Å². The molecule has 0 aliphatic heterocycles. The number of hydrogen-bond acceptors (Lipinski definition) is 1. The largest absolute Gasteiger partial charge is 0.248 e. The average molecular weight is 370 g/mol. The van der Waals surface area contributed by atoms with Crippen molar-refractivity contribution in [1.82, 2.24) is 4.98 Å². The molecule has 0 bridgehead atoms. The molecule has 1 heteroatoms. The Hall–Kier alpha value is -2.15. The van der Waals surface area contributed by atoms with Crippen molar-refractivity contribution in [1.29, 1.82) is 0 Å². The lowest BCUT2D eigenvalue weighted by Crippen LogP contribution is -2.23. The van der Waals surface area contributed by atoms with Crippen molar-refractivity contribution in [3.63, 3.8) is 0 Å². The first-order chi connectivity index (χ1) is 13.9. The summed E-state index contributed by atoms with van der Waals surface area (Å²) in [6, 6.07) is 21.8. The van der Waals surface area contributed by atoms with Gasteiger partial charge in [0.05, 0.1) is 11.2 Å². The molecule has 28 heavy (non-hydrogen) atoms. The summed E-state index contributed by atoms with van der Waals surface area (Å²) in [5, 5.41) is 1.36. The van der Waals surface area contributed by atoms with Crippen molar-refractivity contribution >= 4 is 10.9 Å². The first kappa shape index (κ1) is 17.9. The lowest BCUT2D eigenvalue weighted by atomic mass is 9.69. The van der Waals surface area contributed by atoms with Gasteiger partial charge in [0.2, 0.25) is 0 Å². The first-order valence-corrected chi connectivity index (χ1v) is 11.3. The molecule has 0 spiro atoms. The van der Waals surface area contributed by atoms with E-state index >= 15 is 0 Å². The number of para-hydroxylation sites is 1. The third-order valence-electron chi connectivity index (χ3n) is 7.35. The number of benzene rings is 2. The molecule has 0 N–H and O–H groups in total. The normalized spacial score (nSPS) is 23.7. The van der Waals surface area contributed by atoms with E-state index < -0.39 is 0 Å². The van der Waals surface area contributed by atoms with Crippen LogP contribution in [-0.4, -0.2) is 4.98 Å². The fraction of sp³-hybridized carbons (Fsp3) is 0.444. The quantitative estimate of drug-likeness (QED) is 0.460. The van der Waals surface area contributed by atoms with Gasteiger partial charge in [-0.1, -0.05) is 80.6 Å². The van der Waals surface area contributed by atoms with Crippen LogP contribution in [0.1, 0.15) is 69.3 Å². The fourth-order valence-electron chi connectivity index (χ4n) is 5.80. The Kier molecular flexibility index (Phi) is 5.16. The van der Waals surface area contributed by atoms with E-state index in [9.17, 15) is 0 Å². The summed E-state index contributed by atoms with van der Waals surface area (Å²) in [6.45, 7) is 0. The van der Waals surface area contributed by atoms with Crippen LogP contribution in [0.25, 0.3) is 22.2 Å². The van der Waals surface area contributed by atoms with E-state index in [2.05, 4.69) is 60.7 Å². The topological polar surface area (TPSA) is 12.9 Å². The molecule has 0 amide bonds. The zero-order chi connectivity index (χ0) is 18.8. The standard InChI is InChI=1S/C27H31N/c1-3-9-20(10-4-1)21-15-17-22(18-16-21)25-19-27(23-11-5-2-6-12-23)28-26-14-8-7-13-24(25)26/h2,5-8,11-14,19-22H,1,3-4,9-10,15-18H2. The number of pyridine rings is 1. The van der Waals surface area contributed by atoms with Crippen LogP contribution in [0.15, 0.2) is 60.7 Å². The van der Waals surface area contributed by atoms with Crippen LogP contribution in [0.3, 0.4) is 0 Å². The Morgan fingerprint density at radius 3 is 2.11 bits per heavy atom. The Labute approximate surface area is 169 Å². The average Bonchev–Trinajstić information content (AvgIpc) is 2.80. The molecule has 5 rings (SSSR count). The van der Waals surface area contributed by atoms with E-state index in [1.165, 1.54) is 74.3 Å². The van der Waals surface area contributed by atoms with Crippen LogP contribution in [-0.2, 0) is 0 Å². The van der Waals surface area contributed by atoms with Gasteiger partial charge in [-0.2, -0.15) is 0 Å². The van der Waals surface area contributed by atoms with Crippen LogP contribution in [0.2, 0.25) is 0 Å². The van der Waals surface area contributed by atoms with Gasteiger partial charge >= 0.3 is 0 Å². The molecule has 1 heterocycles. The maximum atomic E-state index is 4.99.